The van der Waals surface area contributed by atoms with E-state index in [-0.39, 0.29) is 17.6 Å². The quantitative estimate of drug-likeness (QED) is 0.375. The van der Waals surface area contributed by atoms with E-state index < -0.39 is 5.92 Å². The molecule has 3 aromatic carbocycles. The van der Waals surface area contributed by atoms with Gasteiger partial charge in [0.05, 0.1) is 35.5 Å². The van der Waals surface area contributed by atoms with E-state index in [1.807, 2.05) is 60.7 Å². The van der Waals surface area contributed by atoms with Crippen LogP contribution in [-0.4, -0.2) is 24.7 Å². The fourth-order valence-corrected chi connectivity index (χ4v) is 4.93. The number of anilines is 2. The second-order valence-electron chi connectivity index (χ2n) is 8.25. The molecule has 7 nitrogen and oxygen atoms in total. The van der Waals surface area contributed by atoms with Gasteiger partial charge in [-0.15, -0.1) is 0 Å². The van der Waals surface area contributed by atoms with Crippen molar-refractivity contribution in [2.45, 2.75) is 12.8 Å². The molecule has 0 saturated carbocycles. The first kappa shape index (κ1) is 25.6. The van der Waals surface area contributed by atoms with E-state index in [0.717, 1.165) is 5.56 Å². The van der Waals surface area contributed by atoms with Gasteiger partial charge in [-0.2, -0.15) is 5.26 Å². The Kier molecular flexibility index (Phi) is 8.29. The number of carbonyl (C=O) groups is 2. The molecular weight excluding hydrogens is 484 g/mol. The van der Waals surface area contributed by atoms with E-state index in [4.69, 9.17) is 4.74 Å². The molecule has 0 radical (unpaired) electrons. The number of hydrogen-bond donors (Lipinski definition) is 3. The summed E-state index contributed by atoms with van der Waals surface area (Å²) in [5.74, 6) is -0.367. The minimum atomic E-state index is -0.624. The van der Waals surface area contributed by atoms with Crippen LogP contribution in [0.1, 0.15) is 18.4 Å². The lowest BCUT2D eigenvalue weighted by Crippen LogP contribution is -2.31. The minimum Gasteiger partial charge on any atom is -0.497 e. The number of amides is 2. The summed E-state index contributed by atoms with van der Waals surface area (Å²) < 4.78 is 5.29. The fraction of sp³-hybridized carbons (Fsp3) is 0.138. The van der Waals surface area contributed by atoms with Crippen LogP contribution in [0.5, 0.6) is 5.75 Å². The second kappa shape index (κ2) is 12.0. The molecule has 0 unspecified atom stereocenters. The molecule has 1 aliphatic rings. The average Bonchev–Trinajstić information content (AvgIpc) is 2.92. The Bertz CT molecular complexity index is 1380. The first-order valence-electron chi connectivity index (χ1n) is 11.6. The van der Waals surface area contributed by atoms with Crippen LogP contribution >= 0.6 is 11.8 Å². The Labute approximate surface area is 220 Å². The van der Waals surface area contributed by atoms with Crippen LogP contribution < -0.4 is 20.7 Å². The Hall–Kier alpha value is -4.48. The maximum atomic E-state index is 13.5. The molecule has 0 saturated heterocycles. The van der Waals surface area contributed by atoms with Crippen LogP contribution in [0.2, 0.25) is 0 Å². The van der Waals surface area contributed by atoms with Gasteiger partial charge in [0.25, 0.3) is 5.91 Å². The molecule has 0 aromatic heterocycles. The van der Waals surface area contributed by atoms with Crippen LogP contribution in [0.25, 0.3) is 0 Å². The SMILES string of the molecule is COc1ccc([C@@H]2C(C#N)=C(SCC(=O)Nc3ccccc3)NC(C)=C2C(=O)Nc2ccccc2)cc1. The number of ether oxygens (including phenoxy) is 1. The van der Waals surface area contributed by atoms with Gasteiger partial charge in [-0.3, -0.25) is 9.59 Å². The van der Waals surface area contributed by atoms with Gasteiger partial charge in [0, 0.05) is 22.6 Å². The summed E-state index contributed by atoms with van der Waals surface area (Å²) in [6.07, 6.45) is 0. The van der Waals surface area contributed by atoms with Crippen molar-refractivity contribution in [2.24, 2.45) is 0 Å². The molecule has 1 aliphatic heterocycles. The summed E-state index contributed by atoms with van der Waals surface area (Å²) in [6.45, 7) is 1.80. The highest BCUT2D eigenvalue weighted by atomic mass is 32.2. The molecule has 0 spiro atoms. The summed E-state index contributed by atoms with van der Waals surface area (Å²) in [6, 6.07) is 27.9. The van der Waals surface area contributed by atoms with Crippen molar-refractivity contribution in [3.8, 4) is 11.8 Å². The summed E-state index contributed by atoms with van der Waals surface area (Å²) in [4.78, 5) is 26.1. The molecule has 186 valence electrons. The number of allylic oxidation sites excluding steroid dienone is 2. The molecule has 2 amide bonds. The van der Waals surface area contributed by atoms with Crippen LogP contribution in [0.3, 0.4) is 0 Å². The topological polar surface area (TPSA) is 103 Å². The van der Waals surface area contributed by atoms with Gasteiger partial charge in [0.2, 0.25) is 5.91 Å². The third kappa shape index (κ3) is 6.21. The fourth-order valence-electron chi connectivity index (χ4n) is 4.03. The molecule has 0 bridgehead atoms. The van der Waals surface area contributed by atoms with E-state index in [1.54, 1.807) is 38.3 Å². The normalized spacial score (nSPS) is 14.9. The van der Waals surface area contributed by atoms with Crippen LogP contribution in [-0.2, 0) is 9.59 Å². The second-order valence-corrected chi connectivity index (χ2v) is 9.23. The average molecular weight is 511 g/mol. The molecule has 37 heavy (non-hydrogen) atoms. The zero-order valence-corrected chi connectivity index (χ0v) is 21.3. The molecule has 3 N–H and O–H groups in total. The maximum absolute atomic E-state index is 13.5. The van der Waals surface area contributed by atoms with E-state index in [2.05, 4.69) is 22.0 Å². The molecule has 0 fully saturated rings. The number of hydrogen-bond acceptors (Lipinski definition) is 6. The number of nitrogens with one attached hydrogen (secondary N) is 3. The zero-order chi connectivity index (χ0) is 26.2. The Morgan fingerprint density at radius 1 is 0.946 bits per heavy atom. The number of nitrogens with zero attached hydrogens (tertiary/aromatic N) is 1. The number of carbonyl (C=O) groups excluding carboxylic acids is 2. The van der Waals surface area contributed by atoms with Gasteiger partial charge in [0.15, 0.2) is 0 Å². The highest BCUT2D eigenvalue weighted by Crippen LogP contribution is 2.41. The molecule has 3 aromatic rings. The summed E-state index contributed by atoms with van der Waals surface area (Å²) in [5.41, 5.74) is 3.53. The molecule has 1 atom stereocenters. The number of para-hydroxylation sites is 2. The first-order chi connectivity index (χ1) is 18.0. The van der Waals surface area contributed by atoms with Gasteiger partial charge in [-0.1, -0.05) is 60.3 Å². The highest BCUT2D eigenvalue weighted by molar-refractivity contribution is 8.03. The summed E-state index contributed by atoms with van der Waals surface area (Å²) >= 11 is 1.23. The highest BCUT2D eigenvalue weighted by Gasteiger charge is 2.35. The lowest BCUT2D eigenvalue weighted by atomic mass is 9.82. The molecular formula is C29H26N4O3S. The lowest BCUT2D eigenvalue weighted by Gasteiger charge is -2.30. The third-order valence-electron chi connectivity index (χ3n) is 5.78. The van der Waals surface area contributed by atoms with Gasteiger partial charge < -0.3 is 20.7 Å². The number of benzene rings is 3. The Morgan fingerprint density at radius 3 is 2.11 bits per heavy atom. The van der Waals surface area contributed by atoms with Gasteiger partial charge in [0.1, 0.15) is 5.75 Å². The smallest absolute Gasteiger partial charge is 0.254 e. The van der Waals surface area contributed by atoms with E-state index in [1.165, 1.54) is 11.8 Å². The molecule has 0 aliphatic carbocycles. The van der Waals surface area contributed by atoms with Crippen molar-refractivity contribution in [3.05, 3.63) is 112 Å². The first-order valence-corrected chi connectivity index (χ1v) is 12.6. The molecule has 1 heterocycles. The van der Waals surface area contributed by atoms with Gasteiger partial charge in [-0.25, -0.2) is 0 Å². The predicted molar refractivity (Wildman–Crippen MR) is 147 cm³/mol. The van der Waals surface area contributed by atoms with Crippen molar-refractivity contribution in [1.29, 1.82) is 5.26 Å². The lowest BCUT2D eigenvalue weighted by molar-refractivity contribution is -0.114. The third-order valence-corrected chi connectivity index (χ3v) is 6.80. The number of dihydropyridines is 1. The maximum Gasteiger partial charge on any atom is 0.254 e. The predicted octanol–water partition coefficient (Wildman–Crippen LogP) is 5.40. The Morgan fingerprint density at radius 2 is 1.54 bits per heavy atom. The number of methoxy groups -OCH3 is 1. The van der Waals surface area contributed by atoms with E-state index >= 15 is 0 Å². The number of rotatable bonds is 8. The van der Waals surface area contributed by atoms with Crippen LogP contribution in [0.15, 0.2) is 107 Å². The summed E-state index contributed by atoms with van der Waals surface area (Å²) in [7, 11) is 1.58. The monoisotopic (exact) mass is 510 g/mol. The number of nitriles is 1. The number of thioether (sulfide) groups is 1. The standard InChI is InChI=1S/C29H26N4O3S/c1-19-26(28(35)33-22-11-7-4-8-12-22)27(20-13-15-23(36-2)16-14-20)24(17-30)29(31-19)37-18-25(34)32-21-9-5-3-6-10-21/h3-16,27,31H,18H2,1-2H3,(H,32,34)(H,33,35)/t27-/m1/s1. The largest absolute Gasteiger partial charge is 0.497 e. The van der Waals surface area contributed by atoms with Crippen LogP contribution in [0, 0.1) is 11.3 Å². The van der Waals surface area contributed by atoms with Crippen molar-refractivity contribution >= 4 is 35.0 Å². The van der Waals surface area contributed by atoms with E-state index in [9.17, 15) is 14.9 Å². The van der Waals surface area contributed by atoms with Crippen molar-refractivity contribution < 1.29 is 14.3 Å². The van der Waals surface area contributed by atoms with Gasteiger partial charge in [-0.05, 0) is 48.9 Å². The minimum absolute atomic E-state index is 0.0938. The van der Waals surface area contributed by atoms with Crippen LogP contribution in [0.4, 0.5) is 11.4 Å². The van der Waals surface area contributed by atoms with Gasteiger partial charge >= 0.3 is 0 Å². The van der Waals surface area contributed by atoms with Crippen molar-refractivity contribution in [2.75, 3.05) is 23.5 Å². The van der Waals surface area contributed by atoms with E-state index in [0.29, 0.717) is 39.0 Å². The van der Waals surface area contributed by atoms with Crippen molar-refractivity contribution in [1.82, 2.24) is 5.32 Å². The summed E-state index contributed by atoms with van der Waals surface area (Å²) in [5, 5.41) is 19.8. The molecule has 8 heteroatoms. The zero-order valence-electron chi connectivity index (χ0n) is 20.4. The Balaban J connectivity index is 1.64. The van der Waals surface area contributed by atoms with Crippen molar-refractivity contribution in [3.63, 3.8) is 0 Å². The molecule has 4 rings (SSSR count).